The van der Waals surface area contributed by atoms with Crippen molar-refractivity contribution < 1.29 is 14.3 Å². The van der Waals surface area contributed by atoms with Crippen LogP contribution >= 0.6 is 0 Å². The number of nitrogens with one attached hydrogen (secondary N) is 1. The molecule has 0 aromatic heterocycles. The first-order chi connectivity index (χ1) is 6.72. The van der Waals surface area contributed by atoms with Gasteiger partial charge in [0.15, 0.2) is 0 Å². The van der Waals surface area contributed by atoms with Gasteiger partial charge in [-0.05, 0) is 20.8 Å². The molecule has 0 unspecified atom stereocenters. The van der Waals surface area contributed by atoms with E-state index in [2.05, 4.69) is 5.32 Å². The van der Waals surface area contributed by atoms with Gasteiger partial charge in [0.1, 0.15) is 5.60 Å². The highest BCUT2D eigenvalue weighted by atomic mass is 16.6. The Labute approximate surface area is 90.8 Å². The van der Waals surface area contributed by atoms with Crippen molar-refractivity contribution in [1.82, 2.24) is 10.2 Å². The lowest BCUT2D eigenvalue weighted by molar-refractivity contribution is -0.153. The van der Waals surface area contributed by atoms with Crippen molar-refractivity contribution in [2.45, 2.75) is 26.4 Å². The number of nitrogens with zero attached hydrogens (tertiary/aromatic N) is 1. The summed E-state index contributed by atoms with van der Waals surface area (Å²) >= 11 is 0. The van der Waals surface area contributed by atoms with Gasteiger partial charge in [-0.25, -0.2) is 0 Å². The normalized spacial score (nSPS) is 11.0. The van der Waals surface area contributed by atoms with Gasteiger partial charge in [-0.15, -0.1) is 0 Å². The molecule has 0 spiro atoms. The minimum atomic E-state index is -0.482. The standard InChI is InChI=1S/C10H20N2O3/c1-10(2,3)15-9(14)7-11-6-8(13)12(4)5/h11H,6-7H2,1-5H3. The third-order valence-electron chi connectivity index (χ3n) is 1.46. The van der Waals surface area contributed by atoms with E-state index in [-0.39, 0.29) is 25.0 Å². The Kier molecular flexibility index (Phi) is 5.28. The molecule has 0 aromatic carbocycles. The van der Waals surface area contributed by atoms with E-state index in [9.17, 15) is 9.59 Å². The molecule has 0 atom stereocenters. The number of likely N-dealkylation sites (N-methyl/N-ethyl adjacent to an activating group) is 1. The minimum Gasteiger partial charge on any atom is -0.459 e. The van der Waals surface area contributed by atoms with Crippen LogP contribution in [0.1, 0.15) is 20.8 Å². The number of carbonyl (C=O) groups excluding carboxylic acids is 2. The number of hydrogen-bond donors (Lipinski definition) is 1. The van der Waals surface area contributed by atoms with Crippen LogP contribution in [0.25, 0.3) is 0 Å². The summed E-state index contributed by atoms with van der Waals surface area (Å²) < 4.78 is 5.05. The van der Waals surface area contributed by atoms with Crippen LogP contribution in [0.15, 0.2) is 0 Å². The van der Waals surface area contributed by atoms with Crippen molar-refractivity contribution in [2.24, 2.45) is 0 Å². The number of hydrogen-bond acceptors (Lipinski definition) is 4. The minimum absolute atomic E-state index is 0.0524. The van der Waals surface area contributed by atoms with Crippen LogP contribution in [0, 0.1) is 0 Å². The zero-order valence-electron chi connectivity index (χ0n) is 10.1. The largest absolute Gasteiger partial charge is 0.459 e. The van der Waals surface area contributed by atoms with Crippen molar-refractivity contribution in [1.29, 1.82) is 0 Å². The highest BCUT2D eigenvalue weighted by molar-refractivity contribution is 5.79. The first-order valence-corrected chi connectivity index (χ1v) is 4.85. The lowest BCUT2D eigenvalue weighted by Gasteiger charge is -2.19. The Hall–Kier alpha value is -1.10. The van der Waals surface area contributed by atoms with Crippen LogP contribution in [0.5, 0.6) is 0 Å². The topological polar surface area (TPSA) is 58.6 Å². The van der Waals surface area contributed by atoms with Gasteiger partial charge in [0.25, 0.3) is 0 Å². The molecule has 0 saturated heterocycles. The number of esters is 1. The van der Waals surface area contributed by atoms with E-state index in [0.29, 0.717) is 0 Å². The molecule has 0 fully saturated rings. The summed E-state index contributed by atoms with van der Waals surface area (Å²) in [6, 6.07) is 0. The highest BCUT2D eigenvalue weighted by Gasteiger charge is 2.15. The predicted octanol–water partition coefficient (Wildman–Crippen LogP) is 0.00590. The summed E-state index contributed by atoms with van der Waals surface area (Å²) in [5.74, 6) is -0.424. The second kappa shape index (κ2) is 5.70. The van der Waals surface area contributed by atoms with Gasteiger partial charge in [-0.3, -0.25) is 14.9 Å². The van der Waals surface area contributed by atoms with Gasteiger partial charge in [-0.1, -0.05) is 0 Å². The maximum atomic E-state index is 11.2. The van der Waals surface area contributed by atoms with Crippen LogP contribution in [0.3, 0.4) is 0 Å². The Morgan fingerprint density at radius 2 is 1.73 bits per heavy atom. The summed E-state index contributed by atoms with van der Waals surface area (Å²) in [4.78, 5) is 23.8. The molecule has 15 heavy (non-hydrogen) atoms. The second-order valence-electron chi connectivity index (χ2n) is 4.48. The van der Waals surface area contributed by atoms with Gasteiger partial charge >= 0.3 is 5.97 Å². The zero-order valence-corrected chi connectivity index (χ0v) is 10.1. The molecular formula is C10H20N2O3. The molecule has 1 amide bonds. The summed E-state index contributed by atoms with van der Waals surface area (Å²) in [5, 5.41) is 2.72. The zero-order chi connectivity index (χ0) is 12.1. The van der Waals surface area contributed by atoms with E-state index >= 15 is 0 Å². The molecule has 0 aliphatic carbocycles. The molecule has 0 heterocycles. The Balaban J connectivity index is 3.70. The van der Waals surface area contributed by atoms with Crippen molar-refractivity contribution in [3.05, 3.63) is 0 Å². The average molecular weight is 216 g/mol. The molecule has 88 valence electrons. The number of amides is 1. The SMILES string of the molecule is CN(C)C(=O)CNCC(=O)OC(C)(C)C. The first-order valence-electron chi connectivity index (χ1n) is 4.85. The lowest BCUT2D eigenvalue weighted by atomic mass is 10.2. The number of carbonyl (C=O) groups is 2. The van der Waals surface area contributed by atoms with Crippen molar-refractivity contribution in [3.63, 3.8) is 0 Å². The van der Waals surface area contributed by atoms with Crippen LogP contribution in [-0.4, -0.2) is 49.6 Å². The van der Waals surface area contributed by atoms with E-state index in [4.69, 9.17) is 4.74 Å². The fourth-order valence-electron chi connectivity index (χ4n) is 0.807. The molecular weight excluding hydrogens is 196 g/mol. The Morgan fingerprint density at radius 1 is 1.20 bits per heavy atom. The van der Waals surface area contributed by atoms with Gasteiger partial charge in [0, 0.05) is 14.1 Å². The van der Waals surface area contributed by atoms with Gasteiger partial charge < -0.3 is 9.64 Å². The number of rotatable bonds is 4. The van der Waals surface area contributed by atoms with E-state index in [1.165, 1.54) is 4.90 Å². The molecule has 5 nitrogen and oxygen atoms in total. The van der Waals surface area contributed by atoms with E-state index < -0.39 is 5.60 Å². The molecule has 0 aromatic rings. The van der Waals surface area contributed by atoms with E-state index in [1.54, 1.807) is 34.9 Å². The summed E-state index contributed by atoms with van der Waals surface area (Å²) in [6.45, 7) is 5.60. The van der Waals surface area contributed by atoms with Crippen molar-refractivity contribution in [2.75, 3.05) is 27.2 Å². The van der Waals surface area contributed by atoms with Crippen molar-refractivity contribution >= 4 is 11.9 Å². The molecule has 0 radical (unpaired) electrons. The van der Waals surface area contributed by atoms with Gasteiger partial charge in [0.2, 0.25) is 5.91 Å². The quantitative estimate of drug-likeness (QED) is 0.672. The lowest BCUT2D eigenvalue weighted by Crippen LogP contribution is -2.37. The predicted molar refractivity (Wildman–Crippen MR) is 57.4 cm³/mol. The average Bonchev–Trinajstić information content (AvgIpc) is 2.00. The van der Waals surface area contributed by atoms with Gasteiger partial charge in [0.05, 0.1) is 13.1 Å². The molecule has 0 rings (SSSR count). The third-order valence-corrected chi connectivity index (χ3v) is 1.46. The molecule has 5 heteroatoms. The molecule has 0 saturated carbocycles. The van der Waals surface area contributed by atoms with Crippen LogP contribution in [0.2, 0.25) is 0 Å². The molecule has 0 aliphatic heterocycles. The molecule has 1 N–H and O–H groups in total. The summed E-state index contributed by atoms with van der Waals surface area (Å²) in [6.07, 6.45) is 0. The maximum Gasteiger partial charge on any atom is 0.320 e. The van der Waals surface area contributed by atoms with Crippen LogP contribution in [0.4, 0.5) is 0 Å². The highest BCUT2D eigenvalue weighted by Crippen LogP contribution is 2.05. The molecule has 0 bridgehead atoms. The second-order valence-corrected chi connectivity index (χ2v) is 4.48. The third kappa shape index (κ3) is 7.93. The summed E-state index contributed by atoms with van der Waals surface area (Å²) in [7, 11) is 3.33. The van der Waals surface area contributed by atoms with Crippen LogP contribution in [-0.2, 0) is 14.3 Å². The molecule has 0 aliphatic rings. The van der Waals surface area contributed by atoms with Crippen LogP contribution < -0.4 is 5.32 Å². The fourth-order valence-corrected chi connectivity index (χ4v) is 0.807. The van der Waals surface area contributed by atoms with E-state index in [0.717, 1.165) is 0 Å². The Bertz CT molecular complexity index is 231. The monoisotopic (exact) mass is 216 g/mol. The smallest absolute Gasteiger partial charge is 0.320 e. The first kappa shape index (κ1) is 13.9. The summed E-state index contributed by atoms with van der Waals surface area (Å²) in [5.41, 5.74) is -0.482. The maximum absolute atomic E-state index is 11.2. The Morgan fingerprint density at radius 3 is 2.13 bits per heavy atom. The van der Waals surface area contributed by atoms with E-state index in [1.807, 2.05) is 0 Å². The fraction of sp³-hybridized carbons (Fsp3) is 0.800. The van der Waals surface area contributed by atoms with Crippen molar-refractivity contribution in [3.8, 4) is 0 Å². The number of ether oxygens (including phenoxy) is 1. The van der Waals surface area contributed by atoms with Gasteiger partial charge in [-0.2, -0.15) is 0 Å².